The summed E-state index contributed by atoms with van der Waals surface area (Å²) in [7, 11) is 4.22. The molecule has 0 amide bonds. The minimum atomic E-state index is 0.439. The lowest BCUT2D eigenvalue weighted by atomic mass is 10.1. The van der Waals surface area contributed by atoms with E-state index in [9.17, 15) is 4.79 Å². The van der Waals surface area contributed by atoms with Crippen molar-refractivity contribution in [1.29, 1.82) is 0 Å². The van der Waals surface area contributed by atoms with Crippen LogP contribution in [0, 0.1) is 0 Å². The maximum Gasteiger partial charge on any atom is 0.135 e. The zero-order chi connectivity index (χ0) is 10.4. The number of Topliss-reactive ketones (excluding diaryl/α,β-unsaturated/α-hetero) is 1. The van der Waals surface area contributed by atoms with Gasteiger partial charge in [0.05, 0.1) is 0 Å². The first-order chi connectivity index (χ1) is 6.68. The van der Waals surface area contributed by atoms with Crippen molar-refractivity contribution in [3.8, 4) is 0 Å². The van der Waals surface area contributed by atoms with E-state index in [4.69, 9.17) is 0 Å². The number of carbonyl (C=O) groups is 1. The smallest absolute Gasteiger partial charge is 0.135 e. The molecule has 1 fully saturated rings. The number of hydrogen-bond donors (Lipinski definition) is 0. The van der Waals surface area contributed by atoms with Crippen LogP contribution in [0.25, 0.3) is 0 Å². The second kappa shape index (κ2) is 6.14. The fourth-order valence-electron chi connectivity index (χ4n) is 1.79. The Hall–Kier alpha value is -0.410. The lowest BCUT2D eigenvalue weighted by molar-refractivity contribution is -0.121. The number of nitrogens with zero attached hydrogens (tertiary/aromatic N) is 2. The Balaban J connectivity index is 1.99. The minimum absolute atomic E-state index is 0.439. The molecule has 3 nitrogen and oxygen atoms in total. The molecule has 0 aromatic heterocycles. The zero-order valence-electron chi connectivity index (χ0n) is 9.46. The van der Waals surface area contributed by atoms with Crippen molar-refractivity contribution in [3.05, 3.63) is 0 Å². The van der Waals surface area contributed by atoms with Crippen molar-refractivity contribution in [2.75, 3.05) is 40.3 Å². The fraction of sp³-hybridized carbons (Fsp3) is 0.909. The summed E-state index contributed by atoms with van der Waals surface area (Å²) >= 11 is 0. The average molecular weight is 198 g/mol. The van der Waals surface area contributed by atoms with E-state index in [0.29, 0.717) is 5.78 Å². The molecule has 1 aliphatic rings. The Morgan fingerprint density at radius 2 is 1.86 bits per heavy atom. The predicted molar refractivity (Wildman–Crippen MR) is 58.5 cm³/mol. The predicted octanol–water partition coefficient (Wildman–Crippen LogP) is 0.993. The van der Waals surface area contributed by atoms with Gasteiger partial charge < -0.3 is 9.80 Å². The highest BCUT2D eigenvalue weighted by Gasteiger charge is 2.14. The van der Waals surface area contributed by atoms with Crippen molar-refractivity contribution in [3.63, 3.8) is 0 Å². The van der Waals surface area contributed by atoms with E-state index < -0.39 is 0 Å². The summed E-state index contributed by atoms with van der Waals surface area (Å²) < 4.78 is 0. The molecule has 0 radical (unpaired) electrons. The van der Waals surface area contributed by atoms with Gasteiger partial charge in [-0.25, -0.2) is 0 Å². The third-order valence-corrected chi connectivity index (χ3v) is 2.74. The zero-order valence-corrected chi connectivity index (χ0v) is 9.46. The van der Waals surface area contributed by atoms with E-state index in [-0.39, 0.29) is 0 Å². The maximum absolute atomic E-state index is 11.0. The first kappa shape index (κ1) is 11.7. The van der Waals surface area contributed by atoms with Crippen molar-refractivity contribution in [2.24, 2.45) is 0 Å². The van der Waals surface area contributed by atoms with Crippen LogP contribution in [0.5, 0.6) is 0 Å². The van der Waals surface area contributed by atoms with Gasteiger partial charge in [-0.1, -0.05) is 0 Å². The molecular weight excluding hydrogens is 176 g/mol. The molecular formula is C11H22N2O. The highest BCUT2D eigenvalue weighted by molar-refractivity contribution is 5.79. The molecule has 0 bridgehead atoms. The van der Waals surface area contributed by atoms with Gasteiger partial charge in [-0.2, -0.15) is 0 Å². The lowest BCUT2D eigenvalue weighted by Gasteiger charge is -2.25. The van der Waals surface area contributed by atoms with E-state index in [0.717, 1.165) is 25.9 Å². The van der Waals surface area contributed by atoms with Crippen LogP contribution in [0.1, 0.15) is 25.7 Å². The number of piperidine rings is 1. The quantitative estimate of drug-likeness (QED) is 0.616. The Bertz CT molecular complexity index is 170. The molecule has 0 aromatic rings. The first-order valence-electron chi connectivity index (χ1n) is 5.57. The van der Waals surface area contributed by atoms with Gasteiger partial charge in [0, 0.05) is 25.9 Å². The van der Waals surface area contributed by atoms with Gasteiger partial charge in [-0.15, -0.1) is 0 Å². The third-order valence-electron chi connectivity index (χ3n) is 2.74. The molecule has 1 saturated heterocycles. The second-order valence-electron chi connectivity index (χ2n) is 4.39. The molecule has 0 saturated carbocycles. The highest BCUT2D eigenvalue weighted by atomic mass is 16.1. The van der Waals surface area contributed by atoms with E-state index in [2.05, 4.69) is 23.9 Å². The molecule has 0 atom stereocenters. The van der Waals surface area contributed by atoms with E-state index in [1.54, 1.807) is 0 Å². The monoisotopic (exact) mass is 198 g/mol. The molecule has 1 rings (SSSR count). The van der Waals surface area contributed by atoms with E-state index in [1.165, 1.54) is 25.9 Å². The highest BCUT2D eigenvalue weighted by Crippen LogP contribution is 2.06. The van der Waals surface area contributed by atoms with Crippen LogP contribution in [0.2, 0.25) is 0 Å². The van der Waals surface area contributed by atoms with E-state index in [1.807, 2.05) is 0 Å². The summed E-state index contributed by atoms with van der Waals surface area (Å²) in [5.41, 5.74) is 0. The van der Waals surface area contributed by atoms with Gasteiger partial charge in [0.2, 0.25) is 0 Å². The molecule has 0 N–H and O–H groups in total. The topological polar surface area (TPSA) is 23.6 Å². The average Bonchev–Trinajstić information content (AvgIpc) is 2.15. The van der Waals surface area contributed by atoms with Crippen LogP contribution >= 0.6 is 0 Å². The Kier molecular flexibility index (Phi) is 5.12. The van der Waals surface area contributed by atoms with Crippen LogP contribution < -0.4 is 0 Å². The van der Waals surface area contributed by atoms with Crippen molar-refractivity contribution in [1.82, 2.24) is 9.80 Å². The Morgan fingerprint density at radius 1 is 1.21 bits per heavy atom. The molecule has 82 valence electrons. The second-order valence-corrected chi connectivity index (χ2v) is 4.39. The summed E-state index contributed by atoms with van der Waals surface area (Å²) in [5, 5.41) is 0. The largest absolute Gasteiger partial charge is 0.309 e. The van der Waals surface area contributed by atoms with Gasteiger partial charge >= 0.3 is 0 Å². The van der Waals surface area contributed by atoms with E-state index >= 15 is 0 Å². The van der Waals surface area contributed by atoms with Gasteiger partial charge in [0.15, 0.2) is 0 Å². The fourth-order valence-corrected chi connectivity index (χ4v) is 1.79. The number of unbranched alkanes of at least 4 members (excludes halogenated alkanes) is 1. The van der Waals surface area contributed by atoms with Crippen molar-refractivity contribution >= 4 is 5.78 Å². The molecule has 0 spiro atoms. The van der Waals surface area contributed by atoms with Gasteiger partial charge in [-0.3, -0.25) is 4.79 Å². The van der Waals surface area contributed by atoms with Gasteiger partial charge in [0.1, 0.15) is 5.78 Å². The molecule has 3 heteroatoms. The summed E-state index contributed by atoms with van der Waals surface area (Å²) in [6, 6.07) is 0. The number of hydrogen-bond acceptors (Lipinski definition) is 3. The number of likely N-dealkylation sites (tertiary alicyclic amines) is 1. The van der Waals surface area contributed by atoms with Crippen LogP contribution in [0.3, 0.4) is 0 Å². The summed E-state index contributed by atoms with van der Waals surface area (Å²) in [6.45, 7) is 4.31. The normalized spacial score (nSPS) is 19.2. The maximum atomic E-state index is 11.0. The summed E-state index contributed by atoms with van der Waals surface area (Å²) in [6.07, 6.45) is 4.06. The van der Waals surface area contributed by atoms with Crippen LogP contribution in [0.15, 0.2) is 0 Å². The number of carbonyl (C=O) groups excluding carboxylic acids is 1. The SMILES string of the molecule is CN(C)CCCCN1CCC(=O)CC1. The first-order valence-corrected chi connectivity index (χ1v) is 5.57. The molecule has 0 aromatic carbocycles. The summed E-state index contributed by atoms with van der Waals surface area (Å²) in [5.74, 6) is 0.439. The lowest BCUT2D eigenvalue weighted by Crippen LogP contribution is -2.34. The van der Waals surface area contributed by atoms with Crippen molar-refractivity contribution < 1.29 is 4.79 Å². The summed E-state index contributed by atoms with van der Waals surface area (Å²) in [4.78, 5) is 15.6. The standard InChI is InChI=1S/C11H22N2O/c1-12(2)7-3-4-8-13-9-5-11(14)6-10-13/h3-10H2,1-2H3. The third kappa shape index (κ3) is 4.72. The van der Waals surface area contributed by atoms with Gasteiger partial charge in [-0.05, 0) is 40.0 Å². The molecule has 0 aliphatic carbocycles. The molecule has 1 heterocycles. The molecule has 1 aliphatic heterocycles. The van der Waals surface area contributed by atoms with Crippen LogP contribution in [0.4, 0.5) is 0 Å². The minimum Gasteiger partial charge on any atom is -0.309 e. The molecule has 14 heavy (non-hydrogen) atoms. The van der Waals surface area contributed by atoms with Crippen LogP contribution in [-0.4, -0.2) is 55.9 Å². The van der Waals surface area contributed by atoms with Crippen molar-refractivity contribution in [2.45, 2.75) is 25.7 Å². The number of ketones is 1. The Labute approximate surface area is 87.1 Å². The molecule has 0 unspecified atom stereocenters. The van der Waals surface area contributed by atoms with Gasteiger partial charge in [0.25, 0.3) is 0 Å². The Morgan fingerprint density at radius 3 is 2.43 bits per heavy atom. The number of rotatable bonds is 5. The van der Waals surface area contributed by atoms with Crippen LogP contribution in [-0.2, 0) is 4.79 Å².